The molecule has 1 aliphatic rings. The van der Waals surface area contributed by atoms with E-state index in [2.05, 4.69) is 30.0 Å². The van der Waals surface area contributed by atoms with Crippen LogP contribution in [0.1, 0.15) is 41.7 Å². The number of benzene rings is 2. The standard InChI is InChI=1S/C19H22N2O/c1-14(21-11-4-5-12-21)15-7-6-8-16(13-15)17-9-2-3-10-18(17)19(20)22/h2-3,6-10,13-14H,4-5,11-12H2,1H3,(H2,20,22)/t14-/m1/s1. The summed E-state index contributed by atoms with van der Waals surface area (Å²) in [6, 6.07) is 16.4. The Morgan fingerprint density at radius 2 is 1.82 bits per heavy atom. The van der Waals surface area contributed by atoms with Crippen molar-refractivity contribution in [1.29, 1.82) is 0 Å². The summed E-state index contributed by atoms with van der Waals surface area (Å²) in [6.07, 6.45) is 2.57. The fraction of sp³-hybridized carbons (Fsp3) is 0.316. The molecule has 1 heterocycles. The summed E-state index contributed by atoms with van der Waals surface area (Å²) in [5.74, 6) is -0.381. The molecule has 1 saturated heterocycles. The average molecular weight is 294 g/mol. The molecule has 0 saturated carbocycles. The molecule has 0 radical (unpaired) electrons. The summed E-state index contributed by atoms with van der Waals surface area (Å²) < 4.78 is 0. The van der Waals surface area contributed by atoms with E-state index in [1.54, 1.807) is 6.07 Å². The number of nitrogens with zero attached hydrogens (tertiary/aromatic N) is 1. The third-order valence-electron chi connectivity index (χ3n) is 4.56. The van der Waals surface area contributed by atoms with Crippen molar-refractivity contribution in [3.05, 3.63) is 59.7 Å². The Bertz CT molecular complexity index is 675. The van der Waals surface area contributed by atoms with Gasteiger partial charge in [-0.25, -0.2) is 0 Å². The Kier molecular flexibility index (Phi) is 4.25. The number of amides is 1. The maximum absolute atomic E-state index is 11.6. The van der Waals surface area contributed by atoms with Gasteiger partial charge in [0.05, 0.1) is 0 Å². The second kappa shape index (κ2) is 6.32. The monoisotopic (exact) mass is 294 g/mol. The van der Waals surface area contributed by atoms with Crippen LogP contribution in [0.15, 0.2) is 48.5 Å². The summed E-state index contributed by atoms with van der Waals surface area (Å²) in [5, 5.41) is 0. The van der Waals surface area contributed by atoms with Crippen LogP contribution < -0.4 is 5.73 Å². The van der Waals surface area contributed by atoms with Crippen LogP contribution in [0.4, 0.5) is 0 Å². The van der Waals surface area contributed by atoms with Gasteiger partial charge in [0.2, 0.25) is 5.91 Å². The highest BCUT2D eigenvalue weighted by Gasteiger charge is 2.20. The van der Waals surface area contributed by atoms with E-state index < -0.39 is 0 Å². The van der Waals surface area contributed by atoms with Gasteiger partial charge in [-0.2, -0.15) is 0 Å². The Balaban J connectivity index is 1.96. The van der Waals surface area contributed by atoms with E-state index in [1.807, 2.05) is 24.3 Å². The summed E-state index contributed by atoms with van der Waals surface area (Å²) in [6.45, 7) is 4.59. The summed E-state index contributed by atoms with van der Waals surface area (Å²) in [4.78, 5) is 14.2. The molecule has 3 nitrogen and oxygen atoms in total. The van der Waals surface area contributed by atoms with Gasteiger partial charge in [0.1, 0.15) is 0 Å². The van der Waals surface area contributed by atoms with Gasteiger partial charge in [0.15, 0.2) is 0 Å². The van der Waals surface area contributed by atoms with Crippen molar-refractivity contribution in [2.45, 2.75) is 25.8 Å². The van der Waals surface area contributed by atoms with Crippen LogP contribution in [-0.4, -0.2) is 23.9 Å². The second-order valence-electron chi connectivity index (χ2n) is 5.95. The van der Waals surface area contributed by atoms with Crippen molar-refractivity contribution in [2.24, 2.45) is 5.73 Å². The third kappa shape index (κ3) is 2.90. The largest absolute Gasteiger partial charge is 0.366 e. The molecule has 1 amide bonds. The summed E-state index contributed by atoms with van der Waals surface area (Å²) in [5.41, 5.74) is 9.33. The topological polar surface area (TPSA) is 46.3 Å². The van der Waals surface area contributed by atoms with Gasteiger partial charge < -0.3 is 5.73 Å². The van der Waals surface area contributed by atoms with Crippen molar-refractivity contribution in [3.63, 3.8) is 0 Å². The van der Waals surface area contributed by atoms with Crippen LogP contribution in [0.3, 0.4) is 0 Å². The molecule has 2 N–H and O–H groups in total. The zero-order chi connectivity index (χ0) is 15.5. The van der Waals surface area contributed by atoms with Gasteiger partial charge in [-0.15, -0.1) is 0 Å². The predicted molar refractivity (Wildman–Crippen MR) is 89.6 cm³/mol. The molecule has 1 aliphatic heterocycles. The van der Waals surface area contributed by atoms with E-state index in [-0.39, 0.29) is 5.91 Å². The minimum absolute atomic E-state index is 0.381. The van der Waals surface area contributed by atoms with Crippen molar-refractivity contribution in [1.82, 2.24) is 4.90 Å². The molecule has 3 rings (SSSR count). The normalized spacial score (nSPS) is 16.6. The molecule has 0 bridgehead atoms. The Morgan fingerprint density at radius 1 is 1.09 bits per heavy atom. The maximum Gasteiger partial charge on any atom is 0.249 e. The van der Waals surface area contributed by atoms with E-state index in [9.17, 15) is 4.79 Å². The average Bonchev–Trinajstić information content (AvgIpc) is 3.08. The zero-order valence-electron chi connectivity index (χ0n) is 13.0. The van der Waals surface area contributed by atoms with Crippen LogP contribution in [0.5, 0.6) is 0 Å². The Labute approximate surface area is 131 Å². The number of primary amides is 1. The van der Waals surface area contributed by atoms with E-state index >= 15 is 0 Å². The number of hydrogen-bond acceptors (Lipinski definition) is 2. The molecule has 1 fully saturated rings. The number of rotatable bonds is 4. The van der Waals surface area contributed by atoms with Crippen LogP contribution >= 0.6 is 0 Å². The van der Waals surface area contributed by atoms with Crippen molar-refractivity contribution in [2.75, 3.05) is 13.1 Å². The first-order valence-electron chi connectivity index (χ1n) is 7.90. The number of likely N-dealkylation sites (tertiary alicyclic amines) is 1. The number of carbonyl (C=O) groups excluding carboxylic acids is 1. The van der Waals surface area contributed by atoms with Crippen molar-refractivity contribution in [3.8, 4) is 11.1 Å². The second-order valence-corrected chi connectivity index (χ2v) is 5.95. The number of carbonyl (C=O) groups is 1. The summed E-state index contributed by atoms with van der Waals surface area (Å²) >= 11 is 0. The molecule has 0 spiro atoms. The molecule has 0 aliphatic carbocycles. The van der Waals surface area contributed by atoms with E-state index in [4.69, 9.17) is 5.73 Å². The predicted octanol–water partition coefficient (Wildman–Crippen LogP) is 3.61. The zero-order valence-corrected chi connectivity index (χ0v) is 13.0. The number of nitrogens with two attached hydrogens (primary N) is 1. The van der Waals surface area contributed by atoms with Gasteiger partial charge in [0.25, 0.3) is 0 Å². The van der Waals surface area contributed by atoms with Crippen LogP contribution in [-0.2, 0) is 0 Å². The highest BCUT2D eigenvalue weighted by molar-refractivity contribution is 5.99. The fourth-order valence-corrected chi connectivity index (χ4v) is 3.26. The Hall–Kier alpha value is -2.13. The molecule has 2 aromatic rings. The van der Waals surface area contributed by atoms with Gasteiger partial charge in [-0.3, -0.25) is 9.69 Å². The SMILES string of the molecule is C[C@H](c1cccc(-c2ccccc2C(N)=O)c1)N1CCCC1. The molecule has 0 aromatic heterocycles. The van der Waals surface area contributed by atoms with Gasteiger partial charge >= 0.3 is 0 Å². The lowest BCUT2D eigenvalue weighted by Gasteiger charge is -2.24. The highest BCUT2D eigenvalue weighted by atomic mass is 16.1. The van der Waals surface area contributed by atoms with Crippen LogP contribution in [0.2, 0.25) is 0 Å². The molecule has 0 unspecified atom stereocenters. The molecule has 114 valence electrons. The molecule has 22 heavy (non-hydrogen) atoms. The van der Waals surface area contributed by atoms with E-state index in [0.29, 0.717) is 11.6 Å². The van der Waals surface area contributed by atoms with Crippen LogP contribution in [0.25, 0.3) is 11.1 Å². The fourth-order valence-electron chi connectivity index (χ4n) is 3.26. The van der Waals surface area contributed by atoms with E-state index in [1.165, 1.54) is 31.5 Å². The first-order valence-corrected chi connectivity index (χ1v) is 7.90. The lowest BCUT2D eigenvalue weighted by atomic mass is 9.96. The van der Waals surface area contributed by atoms with Crippen LogP contribution in [0, 0.1) is 0 Å². The first kappa shape index (κ1) is 14.8. The lowest BCUT2D eigenvalue weighted by Crippen LogP contribution is -2.23. The minimum Gasteiger partial charge on any atom is -0.366 e. The van der Waals surface area contributed by atoms with Gasteiger partial charge in [0, 0.05) is 11.6 Å². The van der Waals surface area contributed by atoms with Crippen molar-refractivity contribution < 1.29 is 4.79 Å². The maximum atomic E-state index is 11.6. The number of hydrogen-bond donors (Lipinski definition) is 1. The molecule has 1 atom stereocenters. The molecule has 3 heteroatoms. The molecular weight excluding hydrogens is 272 g/mol. The quantitative estimate of drug-likeness (QED) is 0.936. The third-order valence-corrected chi connectivity index (χ3v) is 4.56. The molecule has 2 aromatic carbocycles. The van der Waals surface area contributed by atoms with E-state index in [0.717, 1.165) is 11.1 Å². The van der Waals surface area contributed by atoms with Gasteiger partial charge in [-0.05, 0) is 61.7 Å². The molecular formula is C19H22N2O. The first-order chi connectivity index (χ1) is 10.7. The van der Waals surface area contributed by atoms with Gasteiger partial charge in [-0.1, -0.05) is 36.4 Å². The lowest BCUT2D eigenvalue weighted by molar-refractivity contribution is 0.100. The minimum atomic E-state index is -0.381. The Morgan fingerprint density at radius 3 is 2.55 bits per heavy atom. The summed E-state index contributed by atoms with van der Waals surface area (Å²) in [7, 11) is 0. The highest BCUT2D eigenvalue weighted by Crippen LogP contribution is 2.29. The van der Waals surface area contributed by atoms with Crippen molar-refractivity contribution >= 4 is 5.91 Å². The smallest absolute Gasteiger partial charge is 0.249 e.